The Labute approximate surface area is 300 Å². The number of carbonyl (C=O) groups excluding carboxylic acids is 2. The number of aryl methyl sites for hydroxylation is 1. The molecule has 50 heavy (non-hydrogen) atoms. The molecule has 1 amide bonds. The lowest BCUT2D eigenvalue weighted by Crippen LogP contribution is -2.53. The predicted molar refractivity (Wildman–Crippen MR) is 195 cm³/mol. The van der Waals surface area contributed by atoms with Gasteiger partial charge in [-0.2, -0.15) is 0 Å². The van der Waals surface area contributed by atoms with Gasteiger partial charge in [0.2, 0.25) is 10.0 Å². The molecule has 8 nitrogen and oxygen atoms in total. The van der Waals surface area contributed by atoms with Crippen molar-refractivity contribution >= 4 is 39.5 Å². The Morgan fingerprint density at radius 1 is 1.10 bits per heavy atom. The molecule has 264 valence electrons. The summed E-state index contributed by atoms with van der Waals surface area (Å²) in [5.74, 6) is -0.333. The quantitative estimate of drug-likeness (QED) is 0.237. The van der Waals surface area contributed by atoms with E-state index in [1.165, 1.54) is 11.1 Å². The summed E-state index contributed by atoms with van der Waals surface area (Å²) in [7, 11) is -2.56. The summed E-state index contributed by atoms with van der Waals surface area (Å²) >= 11 is 6.44. The molecule has 7 rings (SSSR count). The highest BCUT2D eigenvalue weighted by molar-refractivity contribution is 7.90. The van der Waals surface area contributed by atoms with Gasteiger partial charge in [-0.3, -0.25) is 9.59 Å². The van der Waals surface area contributed by atoms with Gasteiger partial charge in [-0.15, -0.1) is 0 Å². The molecule has 3 aromatic rings. The number of hydrogen-bond acceptors (Lipinski definition) is 7. The largest absolute Gasteiger partial charge is 0.490 e. The fourth-order valence-corrected chi connectivity index (χ4v) is 10.6. The third-order valence-electron chi connectivity index (χ3n) is 11.7. The van der Waals surface area contributed by atoms with Crippen LogP contribution in [0.3, 0.4) is 0 Å². The van der Waals surface area contributed by atoms with Crippen molar-refractivity contribution in [3.63, 3.8) is 0 Å². The van der Waals surface area contributed by atoms with Gasteiger partial charge in [0.25, 0.3) is 5.91 Å². The first-order chi connectivity index (χ1) is 24.1. The number of benzene rings is 3. The van der Waals surface area contributed by atoms with Crippen molar-refractivity contribution in [3.05, 3.63) is 106 Å². The van der Waals surface area contributed by atoms with Gasteiger partial charge in [0.1, 0.15) is 11.4 Å². The van der Waals surface area contributed by atoms with Gasteiger partial charge in [-0.1, -0.05) is 61.0 Å². The number of amides is 1. The number of fused-ring (bicyclic) bond motifs is 4. The van der Waals surface area contributed by atoms with Gasteiger partial charge in [0.05, 0.1) is 17.5 Å². The molecule has 2 aliphatic heterocycles. The molecule has 2 bridgehead atoms. The number of allylic oxidation sites excluding steroid dienone is 1. The molecule has 1 N–H and O–H groups in total. The van der Waals surface area contributed by atoms with E-state index < -0.39 is 26.8 Å². The van der Waals surface area contributed by atoms with Crippen LogP contribution in [0.4, 0.5) is 5.69 Å². The van der Waals surface area contributed by atoms with Gasteiger partial charge in [0, 0.05) is 42.1 Å². The van der Waals surface area contributed by atoms with Crippen molar-refractivity contribution in [2.45, 2.75) is 68.1 Å². The van der Waals surface area contributed by atoms with Crippen LogP contribution in [0.5, 0.6) is 5.75 Å². The first kappa shape index (κ1) is 34.8. The van der Waals surface area contributed by atoms with E-state index in [9.17, 15) is 18.0 Å². The van der Waals surface area contributed by atoms with Crippen molar-refractivity contribution in [2.24, 2.45) is 17.8 Å². The molecule has 1 spiro atoms. The maximum absolute atomic E-state index is 14.1. The fraction of sp³-hybridized carbons (Fsp3) is 0.450. The van der Waals surface area contributed by atoms with Crippen LogP contribution in [0.1, 0.15) is 66.1 Å². The van der Waals surface area contributed by atoms with Gasteiger partial charge < -0.3 is 14.4 Å². The van der Waals surface area contributed by atoms with Crippen LogP contribution >= 0.6 is 11.6 Å². The number of rotatable bonds is 4. The smallest absolute Gasteiger partial charge is 0.264 e. The van der Waals surface area contributed by atoms with E-state index in [0.717, 1.165) is 49.6 Å². The summed E-state index contributed by atoms with van der Waals surface area (Å²) in [5, 5.41) is -0.193. The average molecular weight is 717 g/mol. The molecular weight excluding hydrogens is 672 g/mol. The standard InChI is InChI=1S/C40H45ClN2O6S/c1-27-8-6-19-40(25-44,48-2)34-15-12-31(34)23-43-24-39(18-7-11-29-21-32(41)14-16-33(29)39)26-49-36-17-13-30(22-35(36)43)38(45)42-50(46,47)37(27)20-28-9-4-3-5-10-28/h3-6,9-10,13-14,16-17,19,21-22,25,27,31,34,37H,7-8,11-12,15,18,20,23-24,26H2,1-2H3,(H,42,45)/b19-6+/t27-,31-,34+,37+,39?,40+/m0/s1. The summed E-state index contributed by atoms with van der Waals surface area (Å²) in [6.07, 6.45) is 9.86. The zero-order valence-electron chi connectivity index (χ0n) is 28.6. The molecule has 0 aromatic heterocycles. The van der Waals surface area contributed by atoms with Crippen LogP contribution in [0.15, 0.2) is 78.9 Å². The van der Waals surface area contributed by atoms with E-state index in [-0.39, 0.29) is 35.2 Å². The first-order valence-electron chi connectivity index (χ1n) is 17.7. The summed E-state index contributed by atoms with van der Waals surface area (Å²) < 4.78 is 43.2. The number of methoxy groups -OCH3 is 1. The van der Waals surface area contributed by atoms with E-state index in [4.69, 9.17) is 21.1 Å². The van der Waals surface area contributed by atoms with Crippen LogP contribution in [0.2, 0.25) is 5.02 Å². The topological polar surface area (TPSA) is 102 Å². The summed E-state index contributed by atoms with van der Waals surface area (Å²) in [4.78, 5) is 29.1. The van der Waals surface area contributed by atoms with Crippen molar-refractivity contribution in [3.8, 4) is 5.75 Å². The predicted octanol–water partition coefficient (Wildman–Crippen LogP) is 6.69. The lowest BCUT2D eigenvalue weighted by Gasteiger charge is -2.48. The normalized spacial score (nSPS) is 31.2. The van der Waals surface area contributed by atoms with E-state index in [1.54, 1.807) is 25.3 Å². The SMILES string of the molecule is CO[C@@]1(C=O)/C=C/C[C@H](C)[C@@H](Cc2ccccc2)S(=O)(=O)NC(=O)c2ccc3c(c2)N(C[C@@H]2CC[C@H]21)CC1(CCCc2cc(Cl)ccc21)CO3. The molecule has 1 fully saturated rings. The average Bonchev–Trinajstić information content (AvgIpc) is 3.24. The van der Waals surface area contributed by atoms with Gasteiger partial charge in [0.15, 0.2) is 6.29 Å². The molecule has 6 atom stereocenters. The molecule has 4 aliphatic rings. The van der Waals surface area contributed by atoms with Crippen LogP contribution in [-0.4, -0.2) is 58.3 Å². The van der Waals surface area contributed by atoms with E-state index in [1.807, 2.05) is 55.5 Å². The fourth-order valence-electron chi connectivity index (χ4n) is 8.78. The first-order valence-corrected chi connectivity index (χ1v) is 19.6. The molecule has 10 heteroatoms. The Balaban J connectivity index is 1.32. The monoisotopic (exact) mass is 716 g/mol. The van der Waals surface area contributed by atoms with Crippen LogP contribution in [0, 0.1) is 17.8 Å². The number of nitrogens with zero attached hydrogens (tertiary/aromatic N) is 1. The van der Waals surface area contributed by atoms with Crippen LogP contribution in [0.25, 0.3) is 0 Å². The molecule has 2 heterocycles. The minimum Gasteiger partial charge on any atom is -0.490 e. The highest BCUT2D eigenvalue weighted by atomic mass is 35.5. The Bertz CT molecular complexity index is 1900. The molecule has 2 aliphatic carbocycles. The maximum Gasteiger partial charge on any atom is 0.264 e. The number of anilines is 1. The summed E-state index contributed by atoms with van der Waals surface area (Å²) in [5.41, 5.74) is 2.83. The lowest BCUT2D eigenvalue weighted by atomic mass is 9.64. The summed E-state index contributed by atoms with van der Waals surface area (Å²) in [6.45, 7) is 3.58. The minimum absolute atomic E-state index is 0.0687. The zero-order valence-corrected chi connectivity index (χ0v) is 30.2. The number of nitrogens with one attached hydrogen (secondary N) is 1. The highest BCUT2D eigenvalue weighted by Crippen LogP contribution is 2.48. The Morgan fingerprint density at radius 3 is 2.66 bits per heavy atom. The lowest BCUT2D eigenvalue weighted by molar-refractivity contribution is -0.135. The molecule has 0 radical (unpaired) electrons. The third kappa shape index (κ3) is 6.48. The second-order valence-corrected chi connectivity index (χ2v) is 17.1. The zero-order chi connectivity index (χ0) is 35.1. The van der Waals surface area contributed by atoms with Crippen molar-refractivity contribution in [2.75, 3.05) is 31.7 Å². The maximum atomic E-state index is 14.1. The number of carbonyl (C=O) groups is 2. The van der Waals surface area contributed by atoms with Crippen LogP contribution in [-0.2, 0) is 37.8 Å². The van der Waals surface area contributed by atoms with E-state index in [2.05, 4.69) is 21.8 Å². The second-order valence-electron chi connectivity index (χ2n) is 14.7. The van der Waals surface area contributed by atoms with Crippen molar-refractivity contribution < 1.29 is 27.5 Å². The van der Waals surface area contributed by atoms with Gasteiger partial charge in [-0.05, 0) is 110 Å². The summed E-state index contributed by atoms with van der Waals surface area (Å²) in [6, 6.07) is 20.8. The molecule has 3 aromatic carbocycles. The number of sulfonamides is 1. The Morgan fingerprint density at radius 2 is 1.92 bits per heavy atom. The molecular formula is C40H45ClN2O6S. The van der Waals surface area contributed by atoms with Crippen molar-refractivity contribution in [1.29, 1.82) is 0 Å². The minimum atomic E-state index is -4.14. The van der Waals surface area contributed by atoms with Gasteiger partial charge >= 0.3 is 0 Å². The van der Waals surface area contributed by atoms with Crippen molar-refractivity contribution in [1.82, 2.24) is 4.72 Å². The number of aldehydes is 1. The van der Waals surface area contributed by atoms with E-state index in [0.29, 0.717) is 36.9 Å². The number of ether oxygens (including phenoxy) is 2. The molecule has 1 unspecified atom stereocenters. The Hall–Kier alpha value is -3.66. The second kappa shape index (κ2) is 13.8. The Kier molecular flexibility index (Phi) is 9.60. The van der Waals surface area contributed by atoms with Crippen LogP contribution < -0.4 is 14.4 Å². The van der Waals surface area contributed by atoms with Gasteiger partial charge in [-0.25, -0.2) is 13.1 Å². The number of hydrogen-bond donors (Lipinski definition) is 1. The molecule has 1 saturated carbocycles. The number of halogens is 1. The highest BCUT2D eigenvalue weighted by Gasteiger charge is 2.49. The molecule has 0 saturated heterocycles. The van der Waals surface area contributed by atoms with E-state index >= 15 is 0 Å². The third-order valence-corrected chi connectivity index (χ3v) is 13.9.